The van der Waals surface area contributed by atoms with Crippen LogP contribution in [0, 0.1) is 11.3 Å². The Morgan fingerprint density at radius 2 is 1.67 bits per heavy atom. The summed E-state index contributed by atoms with van der Waals surface area (Å²) in [5.74, 6) is -0.664. The molecule has 1 aliphatic rings. The first kappa shape index (κ1) is 24.3. The number of nitrogens with zero attached hydrogens (tertiary/aromatic N) is 4. The summed E-state index contributed by atoms with van der Waals surface area (Å²) in [7, 11) is 0. The molecule has 36 heavy (non-hydrogen) atoms. The second kappa shape index (κ2) is 9.79. The number of hydrogen-bond donors (Lipinski definition) is 2. The number of benzene rings is 2. The fraction of sp³-hybridized carbons (Fsp3) is 0.174. The number of anilines is 2. The van der Waals surface area contributed by atoms with E-state index >= 15 is 0 Å². The van der Waals surface area contributed by atoms with Crippen molar-refractivity contribution in [2.75, 3.05) is 23.8 Å². The molecule has 0 saturated heterocycles. The number of urea groups is 1. The second-order valence-corrected chi connectivity index (χ2v) is 7.58. The number of hydrogen-bond acceptors (Lipinski definition) is 6. The Balaban J connectivity index is 1.28. The molecule has 4 amide bonds. The van der Waals surface area contributed by atoms with Gasteiger partial charge in [-0.3, -0.25) is 24.5 Å². The smallest absolute Gasteiger partial charge is 0.408 e. The van der Waals surface area contributed by atoms with Crippen molar-refractivity contribution in [1.29, 1.82) is 5.26 Å². The number of imide groups is 1. The number of fused-ring (bicyclic) bond motifs is 1. The quantitative estimate of drug-likeness (QED) is 0.479. The lowest BCUT2D eigenvalue weighted by molar-refractivity contribution is -0.142. The van der Waals surface area contributed by atoms with Crippen molar-refractivity contribution in [2.45, 2.75) is 12.7 Å². The molecule has 4 rings (SSSR count). The maximum absolute atomic E-state index is 12.5. The standard InChI is InChI=1S/C23H17F3N6O4/c24-23(25,26)13-31-12-14(11-27)19(30-31)29-22(35)28-15-5-7-16(8-6-15)36-10-9-32-20(33)17-3-1-2-4-18(17)21(32)34/h1-8,12H,9-10,13H2,(H2,28,29,30,35). The molecular weight excluding hydrogens is 481 g/mol. The fourth-order valence-electron chi connectivity index (χ4n) is 3.46. The van der Waals surface area contributed by atoms with E-state index in [4.69, 9.17) is 10.00 Å². The van der Waals surface area contributed by atoms with Crippen LogP contribution in [0.1, 0.15) is 26.3 Å². The van der Waals surface area contributed by atoms with E-state index in [0.29, 0.717) is 27.2 Å². The number of ether oxygens (including phenoxy) is 1. The third-order valence-corrected chi connectivity index (χ3v) is 5.03. The normalized spacial score (nSPS) is 12.8. The summed E-state index contributed by atoms with van der Waals surface area (Å²) in [5.41, 5.74) is 0.806. The van der Waals surface area contributed by atoms with Crippen LogP contribution in [0.3, 0.4) is 0 Å². The summed E-state index contributed by atoms with van der Waals surface area (Å²) in [4.78, 5) is 38.0. The highest BCUT2D eigenvalue weighted by Gasteiger charge is 2.34. The molecule has 0 fully saturated rings. The molecule has 2 heterocycles. The van der Waals surface area contributed by atoms with Gasteiger partial charge in [0.15, 0.2) is 5.82 Å². The minimum Gasteiger partial charge on any atom is -0.492 e. The molecule has 3 aromatic rings. The summed E-state index contributed by atoms with van der Waals surface area (Å²) < 4.78 is 43.7. The summed E-state index contributed by atoms with van der Waals surface area (Å²) in [5, 5.41) is 17.4. The Kier molecular flexibility index (Phi) is 6.60. The first-order valence-corrected chi connectivity index (χ1v) is 10.4. The van der Waals surface area contributed by atoms with Gasteiger partial charge in [-0.25, -0.2) is 4.79 Å². The van der Waals surface area contributed by atoms with E-state index in [0.717, 1.165) is 11.1 Å². The highest BCUT2D eigenvalue weighted by molar-refractivity contribution is 6.21. The highest BCUT2D eigenvalue weighted by Crippen LogP contribution is 2.23. The Bertz CT molecular complexity index is 1330. The third kappa shape index (κ3) is 5.44. The van der Waals surface area contributed by atoms with Crippen molar-refractivity contribution in [3.05, 3.63) is 71.4 Å². The third-order valence-electron chi connectivity index (χ3n) is 5.03. The Labute approximate surface area is 201 Å². The Morgan fingerprint density at radius 1 is 1.03 bits per heavy atom. The maximum Gasteiger partial charge on any atom is 0.408 e. The van der Waals surface area contributed by atoms with E-state index in [1.165, 1.54) is 24.3 Å². The van der Waals surface area contributed by atoms with Crippen molar-refractivity contribution in [1.82, 2.24) is 14.7 Å². The van der Waals surface area contributed by atoms with Gasteiger partial charge in [0.2, 0.25) is 0 Å². The number of carbonyl (C=O) groups excluding carboxylic acids is 3. The largest absolute Gasteiger partial charge is 0.492 e. The van der Waals surface area contributed by atoms with Crippen molar-refractivity contribution in [3.8, 4) is 11.8 Å². The summed E-state index contributed by atoms with van der Waals surface area (Å²) in [6.07, 6.45) is -3.65. The molecule has 0 unspecified atom stereocenters. The van der Waals surface area contributed by atoms with E-state index in [1.807, 2.05) is 0 Å². The van der Waals surface area contributed by atoms with Crippen molar-refractivity contribution < 1.29 is 32.3 Å². The van der Waals surface area contributed by atoms with Crippen LogP contribution in [-0.4, -0.2) is 51.9 Å². The first-order chi connectivity index (χ1) is 17.1. The summed E-state index contributed by atoms with van der Waals surface area (Å²) in [6, 6.07) is 13.5. The molecule has 0 spiro atoms. The highest BCUT2D eigenvalue weighted by atomic mass is 19.4. The van der Waals surface area contributed by atoms with Crippen LogP contribution in [0.2, 0.25) is 0 Å². The molecule has 0 radical (unpaired) electrons. The van der Waals surface area contributed by atoms with Gasteiger partial charge in [-0.15, -0.1) is 0 Å². The lowest BCUT2D eigenvalue weighted by Gasteiger charge is -2.14. The van der Waals surface area contributed by atoms with Gasteiger partial charge in [-0.2, -0.15) is 23.5 Å². The second-order valence-electron chi connectivity index (χ2n) is 7.58. The maximum atomic E-state index is 12.5. The zero-order valence-electron chi connectivity index (χ0n) is 18.4. The van der Waals surface area contributed by atoms with Gasteiger partial charge in [0.25, 0.3) is 11.8 Å². The minimum atomic E-state index is -4.54. The van der Waals surface area contributed by atoms with E-state index in [-0.39, 0.29) is 36.3 Å². The van der Waals surface area contributed by atoms with Crippen molar-refractivity contribution in [3.63, 3.8) is 0 Å². The summed E-state index contributed by atoms with van der Waals surface area (Å²) in [6.45, 7) is -1.30. The molecule has 10 nitrogen and oxygen atoms in total. The zero-order valence-corrected chi connectivity index (χ0v) is 18.4. The zero-order chi connectivity index (χ0) is 25.9. The predicted molar refractivity (Wildman–Crippen MR) is 119 cm³/mol. The molecule has 0 aliphatic carbocycles. The number of rotatable bonds is 7. The van der Waals surface area contributed by atoms with Gasteiger partial charge in [0.05, 0.1) is 17.7 Å². The van der Waals surface area contributed by atoms with E-state index in [9.17, 15) is 27.6 Å². The van der Waals surface area contributed by atoms with Gasteiger partial charge in [0, 0.05) is 11.9 Å². The molecule has 184 valence electrons. The number of amides is 4. The minimum absolute atomic E-state index is 0.0518. The number of nitriles is 1. The molecule has 1 aromatic heterocycles. The molecule has 2 aromatic carbocycles. The number of alkyl halides is 3. The molecule has 13 heteroatoms. The summed E-state index contributed by atoms with van der Waals surface area (Å²) >= 11 is 0. The number of nitrogens with one attached hydrogen (secondary N) is 2. The van der Waals surface area contributed by atoms with Gasteiger partial charge < -0.3 is 10.1 Å². The molecule has 1 aliphatic heterocycles. The predicted octanol–water partition coefficient (Wildman–Crippen LogP) is 3.64. The van der Waals surface area contributed by atoms with Gasteiger partial charge in [0.1, 0.15) is 30.5 Å². The van der Waals surface area contributed by atoms with Crippen LogP contribution in [0.5, 0.6) is 5.75 Å². The average molecular weight is 498 g/mol. The topological polar surface area (TPSA) is 129 Å². The first-order valence-electron chi connectivity index (χ1n) is 10.4. The van der Waals surface area contributed by atoms with Gasteiger partial charge in [-0.05, 0) is 36.4 Å². The van der Waals surface area contributed by atoms with Crippen LogP contribution in [-0.2, 0) is 6.54 Å². The van der Waals surface area contributed by atoms with E-state index in [1.54, 1.807) is 30.3 Å². The molecule has 0 atom stereocenters. The van der Waals surface area contributed by atoms with Gasteiger partial charge >= 0.3 is 12.2 Å². The van der Waals surface area contributed by atoms with Crippen LogP contribution < -0.4 is 15.4 Å². The van der Waals surface area contributed by atoms with Crippen LogP contribution in [0.25, 0.3) is 0 Å². The average Bonchev–Trinajstić information content (AvgIpc) is 3.31. The number of aromatic nitrogens is 2. The Morgan fingerprint density at radius 3 is 2.25 bits per heavy atom. The van der Waals surface area contributed by atoms with Crippen molar-refractivity contribution >= 4 is 29.4 Å². The Hall–Kier alpha value is -4.86. The van der Waals surface area contributed by atoms with E-state index in [2.05, 4.69) is 15.7 Å². The molecule has 0 saturated carbocycles. The van der Waals surface area contributed by atoms with E-state index < -0.39 is 18.8 Å². The fourth-order valence-corrected chi connectivity index (χ4v) is 3.46. The molecule has 2 N–H and O–H groups in total. The van der Waals surface area contributed by atoms with Crippen LogP contribution in [0.15, 0.2) is 54.7 Å². The van der Waals surface area contributed by atoms with Crippen LogP contribution in [0.4, 0.5) is 29.5 Å². The van der Waals surface area contributed by atoms with Gasteiger partial charge in [-0.1, -0.05) is 12.1 Å². The SMILES string of the molecule is N#Cc1cn(CC(F)(F)F)nc1NC(=O)Nc1ccc(OCCN2C(=O)c3ccccc3C2=O)cc1. The number of halogens is 3. The lowest BCUT2D eigenvalue weighted by atomic mass is 10.1. The molecule has 0 bridgehead atoms. The number of carbonyl (C=O) groups is 3. The lowest BCUT2D eigenvalue weighted by Crippen LogP contribution is -2.33. The van der Waals surface area contributed by atoms with Crippen LogP contribution >= 0.6 is 0 Å². The van der Waals surface area contributed by atoms with Crippen molar-refractivity contribution in [2.24, 2.45) is 0 Å². The molecular formula is C23H17F3N6O4. The monoisotopic (exact) mass is 498 g/mol.